The maximum absolute atomic E-state index is 12.0. The van der Waals surface area contributed by atoms with E-state index in [-0.39, 0.29) is 48.2 Å². The van der Waals surface area contributed by atoms with Crippen LogP contribution in [0.25, 0.3) is 10.8 Å². The monoisotopic (exact) mass is 561 g/mol. The molecule has 2 N–H and O–H groups in total. The molecular weight excluding hydrogens is 533 g/mol. The van der Waals surface area contributed by atoms with Crippen LogP contribution in [0, 0.1) is 10.1 Å². The van der Waals surface area contributed by atoms with Crippen LogP contribution in [0.5, 0.6) is 0 Å². The van der Waals surface area contributed by atoms with Crippen molar-refractivity contribution in [3.05, 3.63) is 88.0 Å². The molecule has 3 aromatic carbocycles. The first kappa shape index (κ1) is 26.0. The van der Waals surface area contributed by atoms with E-state index < -0.39 is 4.92 Å². The molecule has 0 aliphatic rings. The molecule has 3 aromatic rings. The number of hydrogen-bond acceptors (Lipinski definition) is 4. The molecule has 0 aliphatic heterocycles. The van der Waals surface area contributed by atoms with E-state index in [1.54, 1.807) is 26.2 Å². The Hall–Kier alpha value is -3.21. The Morgan fingerprint density at radius 1 is 1.06 bits per heavy atom. The van der Waals surface area contributed by atoms with Gasteiger partial charge in [0.2, 0.25) is 5.91 Å². The van der Waals surface area contributed by atoms with Crippen LogP contribution < -0.4 is 10.6 Å². The van der Waals surface area contributed by atoms with Gasteiger partial charge in [-0.15, -0.1) is 24.0 Å². The topological polar surface area (TPSA) is 99.9 Å². The van der Waals surface area contributed by atoms with Gasteiger partial charge in [-0.25, -0.2) is 4.99 Å². The van der Waals surface area contributed by atoms with E-state index in [1.807, 2.05) is 19.1 Å². The minimum absolute atomic E-state index is 0. The lowest BCUT2D eigenvalue weighted by Gasteiger charge is -2.20. The molecule has 0 fully saturated rings. The second-order valence-electron chi connectivity index (χ2n) is 7.70. The van der Waals surface area contributed by atoms with Gasteiger partial charge >= 0.3 is 0 Å². The summed E-state index contributed by atoms with van der Waals surface area (Å²) < 4.78 is 0. The number of likely N-dealkylation sites (N-methyl/N-ethyl adjacent to an activating group) is 1. The Bertz CT molecular complexity index is 1130. The Kier molecular flexibility index (Phi) is 9.58. The van der Waals surface area contributed by atoms with Crippen molar-refractivity contribution in [1.29, 1.82) is 0 Å². The smallest absolute Gasteiger partial charge is 0.269 e. The molecule has 0 bridgehead atoms. The Morgan fingerprint density at radius 3 is 2.36 bits per heavy atom. The lowest BCUT2D eigenvalue weighted by molar-refractivity contribution is -0.384. The number of nitro groups is 1. The zero-order valence-corrected chi connectivity index (χ0v) is 21.1. The highest BCUT2D eigenvalue weighted by Crippen LogP contribution is 2.20. The number of halogens is 1. The van der Waals surface area contributed by atoms with E-state index in [0.29, 0.717) is 12.5 Å². The van der Waals surface area contributed by atoms with Crippen LogP contribution in [0.2, 0.25) is 0 Å². The summed E-state index contributed by atoms with van der Waals surface area (Å²) in [6, 6.07) is 20.7. The third-order valence-corrected chi connectivity index (χ3v) is 5.10. The number of nitrogens with one attached hydrogen (secondary N) is 2. The fourth-order valence-corrected chi connectivity index (χ4v) is 3.13. The van der Waals surface area contributed by atoms with Crippen molar-refractivity contribution in [2.45, 2.75) is 19.5 Å². The maximum atomic E-state index is 12.0. The van der Waals surface area contributed by atoms with E-state index >= 15 is 0 Å². The summed E-state index contributed by atoms with van der Waals surface area (Å²) >= 11 is 0. The molecule has 1 atom stereocenters. The van der Waals surface area contributed by atoms with Crippen LogP contribution in [-0.4, -0.2) is 42.3 Å². The van der Waals surface area contributed by atoms with E-state index in [2.05, 4.69) is 46.0 Å². The molecular formula is C24H28IN5O3. The van der Waals surface area contributed by atoms with E-state index in [0.717, 1.165) is 16.5 Å². The highest BCUT2D eigenvalue weighted by Gasteiger charge is 2.11. The van der Waals surface area contributed by atoms with Crippen LogP contribution in [0.3, 0.4) is 0 Å². The molecule has 0 aromatic heterocycles. The predicted molar refractivity (Wildman–Crippen MR) is 142 cm³/mol. The Balaban J connectivity index is 0.00000385. The summed E-state index contributed by atoms with van der Waals surface area (Å²) in [7, 11) is 3.39. The summed E-state index contributed by atoms with van der Waals surface area (Å²) in [6.45, 7) is 2.44. The predicted octanol–water partition coefficient (Wildman–Crippen LogP) is 4.25. The zero-order valence-electron chi connectivity index (χ0n) is 18.8. The number of benzene rings is 3. The van der Waals surface area contributed by atoms with Gasteiger partial charge in [-0.1, -0.05) is 48.5 Å². The lowest BCUT2D eigenvalue weighted by Crippen LogP contribution is -2.43. The second kappa shape index (κ2) is 12.1. The van der Waals surface area contributed by atoms with Crippen molar-refractivity contribution in [3.8, 4) is 0 Å². The largest absolute Gasteiger partial charge is 0.350 e. The third kappa shape index (κ3) is 7.41. The van der Waals surface area contributed by atoms with Gasteiger partial charge in [-0.2, -0.15) is 0 Å². The van der Waals surface area contributed by atoms with Crippen molar-refractivity contribution in [2.75, 3.05) is 20.6 Å². The number of guanidine groups is 1. The maximum Gasteiger partial charge on any atom is 0.269 e. The van der Waals surface area contributed by atoms with Crippen molar-refractivity contribution in [2.24, 2.45) is 4.99 Å². The molecule has 0 saturated carbocycles. The van der Waals surface area contributed by atoms with Gasteiger partial charge in [0.25, 0.3) is 5.69 Å². The molecule has 0 heterocycles. The summed E-state index contributed by atoms with van der Waals surface area (Å²) in [5.41, 5.74) is 1.96. The summed E-state index contributed by atoms with van der Waals surface area (Å²) in [4.78, 5) is 28.5. The molecule has 1 amide bonds. The number of rotatable bonds is 7. The van der Waals surface area contributed by atoms with Crippen LogP contribution in [0.1, 0.15) is 24.1 Å². The standard InChI is InChI=1S/C24H27N5O3.HI/c1-17(20-11-10-19-6-4-5-7-21(19)14-20)27-24(26-16-23(30)28(2)3)25-15-18-8-12-22(13-9-18)29(31)32;/h4-14,17H,15-16H2,1-3H3,(H2,25,26,27);1H. The minimum Gasteiger partial charge on any atom is -0.350 e. The summed E-state index contributed by atoms with van der Waals surface area (Å²) in [5, 5.41) is 19.6. The quantitative estimate of drug-likeness (QED) is 0.148. The number of aliphatic imine (C=N–C) groups is 1. The van der Waals surface area contributed by atoms with Gasteiger partial charge in [0.15, 0.2) is 5.96 Å². The van der Waals surface area contributed by atoms with Crippen LogP contribution in [0.15, 0.2) is 71.7 Å². The van der Waals surface area contributed by atoms with Gasteiger partial charge in [0.05, 0.1) is 24.1 Å². The SMILES string of the molecule is CC(NC(=NCc1ccc([N+](=O)[O-])cc1)NCC(=O)N(C)C)c1ccc2ccccc2c1.I. The number of carbonyl (C=O) groups excluding carboxylic acids is 1. The fourth-order valence-electron chi connectivity index (χ4n) is 3.13. The highest BCUT2D eigenvalue weighted by atomic mass is 127. The first-order chi connectivity index (χ1) is 15.3. The number of nitrogens with zero attached hydrogens (tertiary/aromatic N) is 3. The molecule has 0 radical (unpaired) electrons. The fraction of sp³-hybridized carbons (Fsp3) is 0.250. The average Bonchev–Trinajstić information content (AvgIpc) is 2.80. The molecule has 0 aliphatic carbocycles. The van der Waals surface area contributed by atoms with Gasteiger partial charge in [0, 0.05) is 26.2 Å². The molecule has 3 rings (SSSR count). The second-order valence-corrected chi connectivity index (χ2v) is 7.70. The number of carbonyl (C=O) groups is 1. The van der Waals surface area contributed by atoms with Crippen LogP contribution in [0.4, 0.5) is 5.69 Å². The Morgan fingerprint density at radius 2 is 1.73 bits per heavy atom. The molecule has 0 saturated heterocycles. The number of non-ortho nitro benzene ring substituents is 1. The molecule has 8 nitrogen and oxygen atoms in total. The molecule has 9 heteroatoms. The summed E-state index contributed by atoms with van der Waals surface area (Å²) in [5.74, 6) is 0.410. The number of amides is 1. The first-order valence-corrected chi connectivity index (χ1v) is 10.3. The molecule has 1 unspecified atom stereocenters. The van der Waals surface area contributed by atoms with Gasteiger partial charge < -0.3 is 15.5 Å². The highest BCUT2D eigenvalue weighted by molar-refractivity contribution is 14.0. The molecule has 174 valence electrons. The van der Waals surface area contributed by atoms with Crippen molar-refractivity contribution >= 4 is 52.3 Å². The van der Waals surface area contributed by atoms with Crippen LogP contribution >= 0.6 is 24.0 Å². The van der Waals surface area contributed by atoms with E-state index in [1.165, 1.54) is 22.4 Å². The minimum atomic E-state index is -0.431. The van der Waals surface area contributed by atoms with Gasteiger partial charge in [-0.05, 0) is 34.9 Å². The summed E-state index contributed by atoms with van der Waals surface area (Å²) in [6.07, 6.45) is 0. The van der Waals surface area contributed by atoms with E-state index in [9.17, 15) is 14.9 Å². The molecule has 0 spiro atoms. The first-order valence-electron chi connectivity index (χ1n) is 10.3. The number of fused-ring (bicyclic) bond motifs is 1. The van der Waals surface area contributed by atoms with Crippen molar-refractivity contribution in [1.82, 2.24) is 15.5 Å². The number of nitro benzene ring substituents is 1. The lowest BCUT2D eigenvalue weighted by atomic mass is 10.0. The van der Waals surface area contributed by atoms with E-state index in [4.69, 9.17) is 0 Å². The molecule has 33 heavy (non-hydrogen) atoms. The normalized spacial score (nSPS) is 11.9. The van der Waals surface area contributed by atoms with Crippen molar-refractivity contribution in [3.63, 3.8) is 0 Å². The van der Waals surface area contributed by atoms with Crippen LogP contribution in [-0.2, 0) is 11.3 Å². The Labute approximate surface area is 210 Å². The van der Waals surface area contributed by atoms with Gasteiger partial charge in [-0.3, -0.25) is 14.9 Å². The number of hydrogen-bond donors (Lipinski definition) is 2. The average molecular weight is 561 g/mol. The van der Waals surface area contributed by atoms with Crippen molar-refractivity contribution < 1.29 is 9.72 Å². The zero-order chi connectivity index (χ0) is 23.1. The van der Waals surface area contributed by atoms with Gasteiger partial charge in [0.1, 0.15) is 0 Å². The third-order valence-electron chi connectivity index (χ3n) is 5.10.